The monoisotopic (exact) mass is 192 g/mol. The fraction of sp³-hybridized carbons (Fsp3) is 0.500. The van der Waals surface area contributed by atoms with Crippen molar-refractivity contribution in [2.75, 3.05) is 0 Å². The van der Waals surface area contributed by atoms with Crippen molar-refractivity contribution in [3.8, 4) is 0 Å². The van der Waals surface area contributed by atoms with Crippen LogP contribution in [0, 0.1) is 5.92 Å². The Bertz CT molecular complexity index is 162. The molecule has 0 aromatic heterocycles. The van der Waals surface area contributed by atoms with Gasteiger partial charge in [0, 0.05) is 0 Å². The van der Waals surface area contributed by atoms with Crippen LogP contribution in [-0.4, -0.2) is 24.3 Å². The van der Waals surface area contributed by atoms with Crippen LogP contribution in [0.2, 0.25) is 0 Å². The van der Waals surface area contributed by atoms with Crippen molar-refractivity contribution in [3.63, 3.8) is 0 Å². The Morgan fingerprint density at radius 2 is 2.33 bits per heavy atom. The summed E-state index contributed by atoms with van der Waals surface area (Å²) in [4.78, 5) is 1.81. The summed E-state index contributed by atoms with van der Waals surface area (Å²) in [6, 6.07) is 0. The molecule has 0 saturated carbocycles. The standard InChI is InChI=1S/C6H10NOSe/c1-5(2)6-3-4-9(8)7-6/h3-5,8H,1-2H3. The van der Waals surface area contributed by atoms with Crippen LogP contribution in [0.1, 0.15) is 13.8 Å². The number of hydrogen-bond acceptors (Lipinski definition) is 2. The Balaban J connectivity index is 2.64. The third-order valence-corrected chi connectivity index (χ3v) is 2.78. The van der Waals surface area contributed by atoms with Gasteiger partial charge in [0.15, 0.2) is 0 Å². The SMILES string of the molecule is CC(C)C1=N[Se](O)C=C1. The van der Waals surface area contributed by atoms with Crippen LogP contribution in [0.5, 0.6) is 0 Å². The number of hydrogen-bond donors (Lipinski definition) is 1. The summed E-state index contributed by atoms with van der Waals surface area (Å²) in [7, 11) is 0. The molecule has 0 amide bonds. The van der Waals surface area contributed by atoms with Crippen LogP contribution < -0.4 is 0 Å². The van der Waals surface area contributed by atoms with E-state index in [1.165, 1.54) is 0 Å². The molecule has 1 heterocycles. The van der Waals surface area contributed by atoms with Gasteiger partial charge in [-0.05, 0) is 0 Å². The molecule has 1 aliphatic rings. The quantitative estimate of drug-likeness (QED) is 0.607. The average molecular weight is 191 g/mol. The summed E-state index contributed by atoms with van der Waals surface area (Å²) in [5.41, 5.74) is 1.04. The first-order valence-corrected chi connectivity index (χ1v) is 5.41. The molecule has 9 heavy (non-hydrogen) atoms. The molecule has 3 heteroatoms. The van der Waals surface area contributed by atoms with E-state index in [0.717, 1.165) is 5.71 Å². The van der Waals surface area contributed by atoms with E-state index in [2.05, 4.69) is 17.9 Å². The molecular weight excluding hydrogens is 181 g/mol. The van der Waals surface area contributed by atoms with Gasteiger partial charge in [0.1, 0.15) is 0 Å². The van der Waals surface area contributed by atoms with Gasteiger partial charge < -0.3 is 0 Å². The summed E-state index contributed by atoms with van der Waals surface area (Å²) in [6.07, 6.45) is 1.93. The Morgan fingerprint density at radius 3 is 2.56 bits per heavy atom. The molecule has 1 rings (SSSR count). The first kappa shape index (κ1) is 7.00. The first-order valence-electron chi connectivity index (χ1n) is 2.89. The van der Waals surface area contributed by atoms with Crippen LogP contribution in [0.25, 0.3) is 0 Å². The Labute approximate surface area is 59.7 Å². The van der Waals surface area contributed by atoms with E-state index in [0.29, 0.717) is 5.92 Å². The summed E-state index contributed by atoms with van der Waals surface area (Å²) in [5, 5.41) is 0. The molecule has 2 nitrogen and oxygen atoms in total. The molecule has 1 N–H and O–H groups in total. The van der Waals surface area contributed by atoms with E-state index in [1.807, 2.05) is 11.1 Å². The van der Waals surface area contributed by atoms with Crippen molar-refractivity contribution < 1.29 is 4.19 Å². The predicted molar refractivity (Wildman–Crippen MR) is 39.4 cm³/mol. The third kappa shape index (κ3) is 1.65. The maximum absolute atomic E-state index is 9.00. The summed E-state index contributed by atoms with van der Waals surface area (Å²) >= 11 is -1.64. The second kappa shape index (κ2) is 2.65. The van der Waals surface area contributed by atoms with Crippen molar-refractivity contribution in [2.24, 2.45) is 9.93 Å². The van der Waals surface area contributed by atoms with Crippen LogP contribution >= 0.6 is 0 Å². The second-order valence-corrected chi connectivity index (χ2v) is 4.45. The Morgan fingerprint density at radius 1 is 1.67 bits per heavy atom. The molecule has 1 aliphatic heterocycles. The number of rotatable bonds is 1. The van der Waals surface area contributed by atoms with Gasteiger partial charge in [0.25, 0.3) is 0 Å². The van der Waals surface area contributed by atoms with Gasteiger partial charge in [-0.3, -0.25) is 0 Å². The Kier molecular flexibility index (Phi) is 2.06. The summed E-state index contributed by atoms with van der Waals surface area (Å²) < 4.78 is 13.1. The molecule has 0 spiro atoms. The van der Waals surface area contributed by atoms with E-state index in [4.69, 9.17) is 4.19 Å². The first-order chi connectivity index (χ1) is 4.20. The third-order valence-electron chi connectivity index (χ3n) is 1.15. The normalized spacial score (nSPS) is 19.3. The van der Waals surface area contributed by atoms with E-state index >= 15 is 0 Å². The van der Waals surface area contributed by atoms with Gasteiger partial charge in [-0.15, -0.1) is 0 Å². The van der Waals surface area contributed by atoms with Gasteiger partial charge in [-0.2, -0.15) is 0 Å². The van der Waals surface area contributed by atoms with Crippen LogP contribution in [-0.2, 0) is 0 Å². The van der Waals surface area contributed by atoms with Gasteiger partial charge in [-0.25, -0.2) is 0 Å². The van der Waals surface area contributed by atoms with Crippen LogP contribution in [0.4, 0.5) is 0 Å². The molecule has 0 saturated heterocycles. The van der Waals surface area contributed by atoms with Crippen molar-refractivity contribution in [3.05, 3.63) is 11.1 Å². The van der Waals surface area contributed by atoms with E-state index in [1.54, 1.807) is 0 Å². The topological polar surface area (TPSA) is 32.6 Å². The minimum absolute atomic E-state index is 0.460. The molecule has 0 unspecified atom stereocenters. The average Bonchev–Trinajstić information content (AvgIpc) is 2.14. The molecule has 0 aromatic rings. The van der Waals surface area contributed by atoms with Crippen LogP contribution in [0.3, 0.4) is 0 Å². The van der Waals surface area contributed by atoms with Crippen molar-refractivity contribution in [1.29, 1.82) is 0 Å². The predicted octanol–water partition coefficient (Wildman–Crippen LogP) is 0.673. The molecule has 0 fully saturated rings. The minimum atomic E-state index is -1.64. The maximum atomic E-state index is 9.00. The molecule has 0 bridgehead atoms. The van der Waals surface area contributed by atoms with Crippen molar-refractivity contribution >= 4 is 20.2 Å². The van der Waals surface area contributed by atoms with E-state index in [-0.39, 0.29) is 0 Å². The van der Waals surface area contributed by atoms with Gasteiger partial charge in [-0.1, -0.05) is 0 Å². The van der Waals surface area contributed by atoms with Gasteiger partial charge in [0.05, 0.1) is 0 Å². The second-order valence-electron chi connectivity index (χ2n) is 2.27. The van der Waals surface area contributed by atoms with Crippen LogP contribution in [0.15, 0.2) is 15.1 Å². The fourth-order valence-electron chi connectivity index (χ4n) is 0.597. The molecule has 0 atom stereocenters. The van der Waals surface area contributed by atoms with Crippen molar-refractivity contribution in [1.82, 2.24) is 0 Å². The summed E-state index contributed by atoms with van der Waals surface area (Å²) in [5.74, 6) is 0.460. The molecule has 0 aliphatic carbocycles. The molecular formula is C6H10NOSe. The molecule has 1 radical (unpaired) electrons. The molecule has 0 aromatic carbocycles. The van der Waals surface area contributed by atoms with Gasteiger partial charge in [0.2, 0.25) is 0 Å². The Hall–Kier alpha value is -0.111. The fourth-order valence-corrected chi connectivity index (χ4v) is 2.30. The zero-order valence-electron chi connectivity index (χ0n) is 5.53. The summed E-state index contributed by atoms with van der Waals surface area (Å²) in [6.45, 7) is 4.15. The number of allylic oxidation sites excluding steroid dienone is 1. The zero-order chi connectivity index (χ0) is 6.85. The van der Waals surface area contributed by atoms with E-state index < -0.39 is 14.4 Å². The van der Waals surface area contributed by atoms with E-state index in [9.17, 15) is 0 Å². The number of nitrogens with zero attached hydrogens (tertiary/aromatic N) is 1. The molecule has 51 valence electrons. The zero-order valence-corrected chi connectivity index (χ0v) is 7.25. The van der Waals surface area contributed by atoms with Gasteiger partial charge >= 0.3 is 59.2 Å². The van der Waals surface area contributed by atoms with Crippen molar-refractivity contribution in [2.45, 2.75) is 13.8 Å².